The topological polar surface area (TPSA) is 53.4 Å². The Kier molecular flexibility index (Phi) is 6.79. The van der Waals surface area contributed by atoms with Gasteiger partial charge in [0.05, 0.1) is 18.6 Å². The number of rotatable bonds is 7. The van der Waals surface area contributed by atoms with Crippen LogP contribution in [0, 0.1) is 0 Å². The lowest BCUT2D eigenvalue weighted by Crippen LogP contribution is -2.50. The molecule has 1 aliphatic rings. The van der Waals surface area contributed by atoms with Crippen LogP contribution in [0.2, 0.25) is 0 Å². The third kappa shape index (κ3) is 5.21. The van der Waals surface area contributed by atoms with Gasteiger partial charge in [0.1, 0.15) is 5.82 Å². The van der Waals surface area contributed by atoms with Crippen molar-refractivity contribution in [2.75, 3.05) is 32.7 Å². The van der Waals surface area contributed by atoms with Crippen LogP contribution in [0.15, 0.2) is 73.1 Å². The normalized spacial score (nSPS) is 17.2. The molecule has 6 heteroatoms. The van der Waals surface area contributed by atoms with E-state index in [2.05, 4.69) is 48.9 Å². The van der Waals surface area contributed by atoms with Crippen molar-refractivity contribution in [2.24, 2.45) is 7.05 Å². The molecule has 3 aromatic rings. The second kappa shape index (κ2) is 9.90. The van der Waals surface area contributed by atoms with Gasteiger partial charge in [0.25, 0.3) is 0 Å². The van der Waals surface area contributed by atoms with Crippen LogP contribution >= 0.6 is 0 Å². The number of carbonyl (C=O) groups excluding carboxylic acids is 1. The van der Waals surface area contributed by atoms with E-state index in [1.54, 1.807) is 0 Å². The van der Waals surface area contributed by atoms with Crippen molar-refractivity contribution in [3.05, 3.63) is 90.0 Å². The van der Waals surface area contributed by atoms with Crippen LogP contribution in [-0.2, 0) is 11.8 Å². The maximum atomic E-state index is 12.6. The van der Waals surface area contributed by atoms with Gasteiger partial charge in [-0.15, -0.1) is 0 Å². The van der Waals surface area contributed by atoms with Crippen LogP contribution in [0.1, 0.15) is 36.0 Å². The second-order valence-electron chi connectivity index (χ2n) is 8.22. The van der Waals surface area contributed by atoms with Gasteiger partial charge in [0.2, 0.25) is 5.91 Å². The second-order valence-corrected chi connectivity index (χ2v) is 8.22. The molecule has 2 aromatic carbocycles. The Morgan fingerprint density at radius 3 is 2.16 bits per heavy atom. The molecule has 2 atom stereocenters. The SMILES string of the molecule is C[C@H](NC(=O)CN1CCN([C@H](c2ccccc2)c2nccn2C)CC1)c1ccccc1. The van der Waals surface area contributed by atoms with Crippen LogP contribution < -0.4 is 5.32 Å². The molecule has 0 saturated carbocycles. The maximum absolute atomic E-state index is 12.6. The number of aryl methyl sites for hydroxylation is 1. The summed E-state index contributed by atoms with van der Waals surface area (Å²) in [4.78, 5) is 21.9. The summed E-state index contributed by atoms with van der Waals surface area (Å²) < 4.78 is 2.10. The van der Waals surface area contributed by atoms with Gasteiger partial charge in [-0.2, -0.15) is 0 Å². The summed E-state index contributed by atoms with van der Waals surface area (Å²) in [5.41, 5.74) is 2.38. The van der Waals surface area contributed by atoms with Gasteiger partial charge < -0.3 is 9.88 Å². The van der Waals surface area contributed by atoms with Crippen molar-refractivity contribution in [3.63, 3.8) is 0 Å². The largest absolute Gasteiger partial charge is 0.348 e. The molecule has 4 rings (SSSR count). The lowest BCUT2D eigenvalue weighted by atomic mass is 10.0. The summed E-state index contributed by atoms with van der Waals surface area (Å²) >= 11 is 0. The van der Waals surface area contributed by atoms with E-state index < -0.39 is 0 Å². The fourth-order valence-electron chi connectivity index (χ4n) is 4.29. The van der Waals surface area contributed by atoms with E-state index in [1.807, 2.05) is 62.8 Å². The minimum absolute atomic E-state index is 0.0147. The molecule has 0 unspecified atom stereocenters. The smallest absolute Gasteiger partial charge is 0.234 e. The molecule has 0 bridgehead atoms. The predicted molar refractivity (Wildman–Crippen MR) is 123 cm³/mol. The molecule has 2 heterocycles. The molecule has 6 nitrogen and oxygen atoms in total. The molecule has 1 aromatic heterocycles. The van der Waals surface area contributed by atoms with Crippen LogP contribution in [0.4, 0.5) is 0 Å². The van der Waals surface area contributed by atoms with Crippen LogP contribution in [0.3, 0.4) is 0 Å². The lowest BCUT2D eigenvalue weighted by Gasteiger charge is -2.39. The van der Waals surface area contributed by atoms with Gasteiger partial charge in [-0.05, 0) is 18.1 Å². The zero-order valence-electron chi connectivity index (χ0n) is 18.3. The minimum Gasteiger partial charge on any atom is -0.348 e. The van der Waals surface area contributed by atoms with E-state index in [9.17, 15) is 4.79 Å². The highest BCUT2D eigenvalue weighted by atomic mass is 16.2. The molecule has 1 fully saturated rings. The third-order valence-corrected chi connectivity index (χ3v) is 6.03. The van der Waals surface area contributed by atoms with Gasteiger partial charge in [-0.25, -0.2) is 4.98 Å². The summed E-state index contributed by atoms with van der Waals surface area (Å²) in [5, 5.41) is 3.13. The van der Waals surface area contributed by atoms with Gasteiger partial charge >= 0.3 is 0 Å². The number of hydrogen-bond acceptors (Lipinski definition) is 4. The fraction of sp³-hybridized carbons (Fsp3) is 0.360. The van der Waals surface area contributed by atoms with Gasteiger partial charge in [-0.3, -0.25) is 14.6 Å². The molecular formula is C25H31N5O. The van der Waals surface area contributed by atoms with E-state index in [0.29, 0.717) is 6.54 Å². The number of imidazole rings is 1. The zero-order chi connectivity index (χ0) is 21.6. The molecule has 1 amide bonds. The molecule has 1 N–H and O–H groups in total. The number of hydrogen-bond donors (Lipinski definition) is 1. The summed E-state index contributed by atoms with van der Waals surface area (Å²) in [7, 11) is 2.05. The van der Waals surface area contributed by atoms with Gasteiger partial charge in [0.15, 0.2) is 0 Å². The first-order chi connectivity index (χ1) is 15.1. The Balaban J connectivity index is 1.36. The van der Waals surface area contributed by atoms with Crippen LogP contribution in [0.25, 0.3) is 0 Å². The number of aromatic nitrogens is 2. The first kappa shape index (κ1) is 21.3. The van der Waals surface area contributed by atoms with Crippen molar-refractivity contribution in [2.45, 2.75) is 19.0 Å². The summed E-state index contributed by atoms with van der Waals surface area (Å²) in [6, 6.07) is 20.8. The van der Waals surface area contributed by atoms with Crippen molar-refractivity contribution < 1.29 is 4.79 Å². The highest BCUT2D eigenvalue weighted by Gasteiger charge is 2.29. The Hall–Kier alpha value is -2.96. The Labute approximate surface area is 184 Å². The average Bonchev–Trinajstić information content (AvgIpc) is 3.22. The molecular weight excluding hydrogens is 386 g/mol. The molecule has 162 valence electrons. The number of piperazine rings is 1. The van der Waals surface area contributed by atoms with E-state index in [4.69, 9.17) is 0 Å². The third-order valence-electron chi connectivity index (χ3n) is 6.03. The Morgan fingerprint density at radius 2 is 1.58 bits per heavy atom. The average molecular weight is 418 g/mol. The van der Waals surface area contributed by atoms with Gasteiger partial charge in [0, 0.05) is 45.6 Å². The van der Waals surface area contributed by atoms with E-state index >= 15 is 0 Å². The molecule has 0 radical (unpaired) electrons. The van der Waals surface area contributed by atoms with Gasteiger partial charge in [-0.1, -0.05) is 60.7 Å². The highest BCUT2D eigenvalue weighted by Crippen LogP contribution is 2.28. The fourth-order valence-corrected chi connectivity index (χ4v) is 4.29. The van der Waals surface area contributed by atoms with E-state index in [0.717, 1.165) is 37.6 Å². The number of carbonyl (C=O) groups is 1. The first-order valence-electron chi connectivity index (χ1n) is 10.9. The Bertz CT molecular complexity index is 964. The molecule has 0 aliphatic carbocycles. The van der Waals surface area contributed by atoms with E-state index in [1.165, 1.54) is 5.56 Å². The van der Waals surface area contributed by atoms with Crippen molar-refractivity contribution >= 4 is 5.91 Å². The summed E-state index contributed by atoms with van der Waals surface area (Å²) in [6.07, 6.45) is 3.86. The zero-order valence-corrected chi connectivity index (χ0v) is 18.3. The number of amides is 1. The summed E-state index contributed by atoms with van der Waals surface area (Å²) in [5.74, 6) is 1.13. The monoisotopic (exact) mass is 417 g/mol. The predicted octanol–water partition coefficient (Wildman–Crippen LogP) is 3.00. The molecule has 1 saturated heterocycles. The van der Waals surface area contributed by atoms with Crippen molar-refractivity contribution in [1.29, 1.82) is 0 Å². The van der Waals surface area contributed by atoms with Crippen molar-refractivity contribution in [3.8, 4) is 0 Å². The highest BCUT2D eigenvalue weighted by molar-refractivity contribution is 5.78. The standard InChI is InChI=1S/C25H31N5O/c1-20(21-9-5-3-6-10-21)27-23(31)19-29-15-17-30(18-16-29)24(22-11-7-4-8-12-22)25-26-13-14-28(25)2/h3-14,20,24H,15-19H2,1-2H3,(H,27,31)/t20-,24+/m0/s1. The van der Waals surface area contributed by atoms with Crippen molar-refractivity contribution in [1.82, 2.24) is 24.7 Å². The first-order valence-corrected chi connectivity index (χ1v) is 10.9. The van der Waals surface area contributed by atoms with Crippen LogP contribution in [-0.4, -0.2) is 58.0 Å². The quantitative estimate of drug-likeness (QED) is 0.642. The molecule has 1 aliphatic heterocycles. The molecule has 31 heavy (non-hydrogen) atoms. The summed E-state index contributed by atoms with van der Waals surface area (Å²) in [6.45, 7) is 5.98. The number of nitrogens with zero attached hydrogens (tertiary/aromatic N) is 4. The maximum Gasteiger partial charge on any atom is 0.234 e. The van der Waals surface area contributed by atoms with E-state index in [-0.39, 0.29) is 18.0 Å². The number of benzene rings is 2. The lowest BCUT2D eigenvalue weighted by molar-refractivity contribution is -0.123. The Morgan fingerprint density at radius 1 is 0.968 bits per heavy atom. The molecule has 0 spiro atoms. The minimum atomic E-state index is 0.0147. The number of nitrogens with one attached hydrogen (secondary N) is 1. The van der Waals surface area contributed by atoms with Crippen LogP contribution in [0.5, 0.6) is 0 Å².